The summed E-state index contributed by atoms with van der Waals surface area (Å²) < 4.78 is 0. The van der Waals surface area contributed by atoms with E-state index in [1.807, 2.05) is 44.2 Å². The lowest BCUT2D eigenvalue weighted by Gasteiger charge is -2.32. The molecule has 0 amide bonds. The molecule has 0 bridgehead atoms. The molecule has 0 aliphatic carbocycles. The Morgan fingerprint density at radius 3 is 2.58 bits per heavy atom. The lowest BCUT2D eigenvalue weighted by Crippen LogP contribution is -2.33. The van der Waals surface area contributed by atoms with Crippen LogP contribution in [0, 0.1) is 5.92 Å². The first-order valence-electron chi connectivity index (χ1n) is 7.95. The summed E-state index contributed by atoms with van der Waals surface area (Å²) in [5.74, 6) is 0.141. The maximum atomic E-state index is 11.4. The maximum Gasteiger partial charge on any atom is 0.196 e. The Morgan fingerprint density at radius 1 is 1.04 bits per heavy atom. The van der Waals surface area contributed by atoms with Crippen molar-refractivity contribution in [1.29, 1.82) is 0 Å². The van der Waals surface area contributed by atoms with Crippen LogP contribution in [0.3, 0.4) is 0 Å². The van der Waals surface area contributed by atoms with Crippen LogP contribution in [-0.4, -0.2) is 25.2 Å². The smallest absolute Gasteiger partial charge is 0.196 e. The van der Waals surface area contributed by atoms with Gasteiger partial charge >= 0.3 is 0 Å². The fourth-order valence-electron chi connectivity index (χ4n) is 3.36. The SMILES string of the molecule is CC(C)C(O)(c1ccc2cc3c(O)[nH]cc3cc2c1)c1cnc[nH]1. The van der Waals surface area contributed by atoms with Gasteiger partial charge in [0.1, 0.15) is 5.60 Å². The molecule has 5 nitrogen and oxygen atoms in total. The lowest BCUT2D eigenvalue weighted by atomic mass is 9.80. The first-order chi connectivity index (χ1) is 11.5. The Bertz CT molecular complexity index is 1020. The second-order valence-corrected chi connectivity index (χ2v) is 6.53. The molecule has 0 radical (unpaired) electrons. The third-order valence-corrected chi connectivity index (χ3v) is 4.81. The molecular weight excluding hydrogens is 302 g/mol. The minimum Gasteiger partial charge on any atom is -0.494 e. The molecule has 0 aliphatic heterocycles. The van der Waals surface area contributed by atoms with Gasteiger partial charge in [-0.05, 0) is 40.5 Å². The number of hydrogen-bond donors (Lipinski definition) is 4. The molecule has 0 saturated carbocycles. The Kier molecular flexibility index (Phi) is 3.15. The standard InChI is InChI=1S/C19H19N3O2/c1-11(2)19(24,17-9-20-10-22-17)15-4-3-12-7-16-14(5-13(12)6-15)8-21-18(16)23/h3-11,21,23-24H,1-2H3,(H,20,22). The van der Waals surface area contributed by atoms with Crippen molar-refractivity contribution in [2.45, 2.75) is 19.4 Å². The third-order valence-electron chi connectivity index (χ3n) is 4.81. The Hall–Kier alpha value is -2.79. The first kappa shape index (κ1) is 14.8. The van der Waals surface area contributed by atoms with Gasteiger partial charge in [-0.3, -0.25) is 0 Å². The van der Waals surface area contributed by atoms with Gasteiger partial charge < -0.3 is 20.2 Å². The predicted molar refractivity (Wildman–Crippen MR) is 93.9 cm³/mol. The second kappa shape index (κ2) is 5.11. The average Bonchev–Trinajstić information content (AvgIpc) is 3.22. The normalized spacial score (nSPS) is 14.5. The van der Waals surface area contributed by atoms with Gasteiger partial charge in [-0.15, -0.1) is 0 Å². The zero-order valence-electron chi connectivity index (χ0n) is 13.5. The number of aliphatic hydroxyl groups is 1. The minimum absolute atomic E-state index is 0.0320. The summed E-state index contributed by atoms with van der Waals surface area (Å²) in [6, 6.07) is 9.86. The molecule has 2 heterocycles. The van der Waals surface area contributed by atoms with Crippen molar-refractivity contribution >= 4 is 21.5 Å². The number of nitrogens with one attached hydrogen (secondary N) is 2. The number of benzene rings is 2. The summed E-state index contributed by atoms with van der Waals surface area (Å²) >= 11 is 0. The molecule has 122 valence electrons. The Balaban J connectivity index is 1.94. The number of aromatic nitrogens is 3. The van der Waals surface area contributed by atoms with Crippen molar-refractivity contribution in [2.75, 3.05) is 0 Å². The van der Waals surface area contributed by atoms with E-state index < -0.39 is 5.60 Å². The molecule has 0 aliphatic rings. The molecule has 0 saturated heterocycles. The number of H-pyrrole nitrogens is 2. The van der Waals surface area contributed by atoms with Gasteiger partial charge in [-0.25, -0.2) is 4.98 Å². The zero-order chi connectivity index (χ0) is 16.9. The molecule has 5 heteroatoms. The highest BCUT2D eigenvalue weighted by atomic mass is 16.3. The van der Waals surface area contributed by atoms with Crippen LogP contribution in [0.15, 0.2) is 49.1 Å². The molecule has 24 heavy (non-hydrogen) atoms. The summed E-state index contributed by atoms with van der Waals surface area (Å²) in [7, 11) is 0. The fourth-order valence-corrected chi connectivity index (χ4v) is 3.36. The van der Waals surface area contributed by atoms with E-state index in [2.05, 4.69) is 15.0 Å². The molecular formula is C19H19N3O2. The topological polar surface area (TPSA) is 84.9 Å². The molecule has 2 aromatic heterocycles. The fraction of sp³-hybridized carbons (Fsp3) is 0.211. The van der Waals surface area contributed by atoms with Crippen LogP contribution < -0.4 is 0 Å². The van der Waals surface area contributed by atoms with Crippen LogP contribution in [-0.2, 0) is 5.60 Å². The first-order valence-corrected chi connectivity index (χ1v) is 7.95. The third kappa shape index (κ3) is 2.02. The van der Waals surface area contributed by atoms with Gasteiger partial charge in [0.2, 0.25) is 0 Å². The van der Waals surface area contributed by atoms with E-state index in [0.29, 0.717) is 5.69 Å². The van der Waals surface area contributed by atoms with Gasteiger partial charge in [0.25, 0.3) is 0 Å². The number of aromatic amines is 2. The Morgan fingerprint density at radius 2 is 1.88 bits per heavy atom. The van der Waals surface area contributed by atoms with Crippen LogP contribution in [0.2, 0.25) is 0 Å². The van der Waals surface area contributed by atoms with Crippen LogP contribution in [0.1, 0.15) is 25.1 Å². The molecule has 4 N–H and O–H groups in total. The molecule has 0 spiro atoms. The molecule has 0 fully saturated rings. The van der Waals surface area contributed by atoms with Gasteiger partial charge in [-0.2, -0.15) is 0 Å². The highest BCUT2D eigenvalue weighted by molar-refractivity contribution is 6.00. The minimum atomic E-state index is -1.14. The highest BCUT2D eigenvalue weighted by Gasteiger charge is 2.36. The van der Waals surface area contributed by atoms with Crippen molar-refractivity contribution in [2.24, 2.45) is 5.92 Å². The summed E-state index contributed by atoms with van der Waals surface area (Å²) in [4.78, 5) is 9.92. The van der Waals surface area contributed by atoms with E-state index in [1.165, 1.54) is 0 Å². The number of fused-ring (bicyclic) bond motifs is 2. The number of imidazole rings is 1. The lowest BCUT2D eigenvalue weighted by molar-refractivity contribution is 0.0281. The van der Waals surface area contributed by atoms with Crippen LogP contribution in [0.4, 0.5) is 0 Å². The van der Waals surface area contributed by atoms with Crippen molar-refractivity contribution in [3.05, 3.63) is 60.3 Å². The van der Waals surface area contributed by atoms with Crippen LogP contribution >= 0.6 is 0 Å². The number of aromatic hydroxyl groups is 1. The van der Waals surface area contributed by atoms with E-state index in [4.69, 9.17) is 0 Å². The number of rotatable bonds is 3. The second-order valence-electron chi connectivity index (χ2n) is 6.53. The highest BCUT2D eigenvalue weighted by Crippen LogP contribution is 2.37. The van der Waals surface area contributed by atoms with Gasteiger partial charge in [0, 0.05) is 17.0 Å². The van der Waals surface area contributed by atoms with Crippen molar-refractivity contribution in [3.8, 4) is 5.88 Å². The molecule has 1 unspecified atom stereocenters. The van der Waals surface area contributed by atoms with Gasteiger partial charge in [0.15, 0.2) is 5.88 Å². The Labute approximate surface area is 139 Å². The summed E-state index contributed by atoms with van der Waals surface area (Å²) in [5, 5.41) is 25.0. The predicted octanol–water partition coefficient (Wildman–Crippen LogP) is 3.64. The maximum absolute atomic E-state index is 11.4. The van der Waals surface area contributed by atoms with E-state index in [9.17, 15) is 10.2 Å². The summed E-state index contributed by atoms with van der Waals surface area (Å²) in [5.41, 5.74) is 0.352. The molecule has 4 aromatic rings. The molecule has 1 atom stereocenters. The monoisotopic (exact) mass is 321 g/mol. The van der Waals surface area contributed by atoms with Crippen LogP contribution in [0.5, 0.6) is 5.88 Å². The van der Waals surface area contributed by atoms with Crippen molar-refractivity contribution in [3.63, 3.8) is 0 Å². The van der Waals surface area contributed by atoms with Crippen molar-refractivity contribution in [1.82, 2.24) is 15.0 Å². The largest absolute Gasteiger partial charge is 0.494 e. The quantitative estimate of drug-likeness (QED) is 0.465. The summed E-state index contributed by atoms with van der Waals surface area (Å²) in [6.07, 6.45) is 5.02. The van der Waals surface area contributed by atoms with E-state index in [-0.39, 0.29) is 11.8 Å². The number of hydrogen-bond acceptors (Lipinski definition) is 3. The number of nitrogens with zero attached hydrogens (tertiary/aromatic N) is 1. The molecule has 2 aromatic carbocycles. The van der Waals surface area contributed by atoms with Gasteiger partial charge in [0.05, 0.1) is 18.2 Å². The average molecular weight is 321 g/mol. The molecule has 4 rings (SSSR count). The summed E-state index contributed by atoms with van der Waals surface area (Å²) in [6.45, 7) is 3.97. The van der Waals surface area contributed by atoms with E-state index in [1.54, 1.807) is 18.7 Å². The van der Waals surface area contributed by atoms with E-state index >= 15 is 0 Å². The van der Waals surface area contributed by atoms with Gasteiger partial charge in [-0.1, -0.05) is 26.0 Å². The van der Waals surface area contributed by atoms with E-state index in [0.717, 1.165) is 27.1 Å². The van der Waals surface area contributed by atoms with Crippen molar-refractivity contribution < 1.29 is 10.2 Å². The van der Waals surface area contributed by atoms with Crippen LogP contribution in [0.25, 0.3) is 21.5 Å². The zero-order valence-corrected chi connectivity index (χ0v) is 13.5.